The van der Waals surface area contributed by atoms with E-state index in [1.54, 1.807) is 0 Å². The summed E-state index contributed by atoms with van der Waals surface area (Å²) in [6, 6.07) is -2.17. The van der Waals surface area contributed by atoms with E-state index in [9.17, 15) is 22.6 Å². The topological polar surface area (TPSA) is 132 Å². The molecule has 3 amide bonds. The number of carbonyl (C=O) groups excluding carboxylic acids is 2. The van der Waals surface area contributed by atoms with Crippen LogP contribution in [0.25, 0.3) is 0 Å². The Morgan fingerprint density at radius 1 is 0.975 bits per heavy atom. The van der Waals surface area contributed by atoms with E-state index in [-0.39, 0.29) is 13.2 Å². The van der Waals surface area contributed by atoms with Crippen LogP contribution in [0.1, 0.15) is 91.9 Å². The number of amides is 3. The zero-order valence-electron chi connectivity index (χ0n) is 25.7. The molecule has 0 aromatic heterocycles. The summed E-state index contributed by atoms with van der Waals surface area (Å²) in [6.45, 7) is 16.0. The highest BCUT2D eigenvalue weighted by Crippen LogP contribution is 2.30. The van der Waals surface area contributed by atoms with Gasteiger partial charge in [0.25, 0.3) is 5.91 Å². The standard InChI is InChI=1S/C16H36N.C11H20N4O7S/c1-5-9-13-17(14-10-6-2,15-11-7-3)16-12-8-4;1-13(2)5-6-21-12-10(16)9-4-3-8-7-14(9)11(17)15(8)22-23(18,19)20/h5-16H2,1-4H3;8-9H,3-7H2,1-2H3,(H,12,16)(H,18,19,20)/q+1;/p-1/t;8-,9+/m.1/s1. The number of urea groups is 1. The molecule has 1 N–H and O–H groups in total. The number of fused-ring (bicyclic) bond motifs is 2. The van der Waals surface area contributed by atoms with E-state index in [0.717, 1.165) is 0 Å². The summed E-state index contributed by atoms with van der Waals surface area (Å²) in [7, 11) is -1.33. The van der Waals surface area contributed by atoms with Crippen molar-refractivity contribution in [2.45, 2.75) is 104 Å². The molecule has 0 spiro atoms. The second-order valence-corrected chi connectivity index (χ2v) is 12.2. The van der Waals surface area contributed by atoms with Gasteiger partial charge in [0.1, 0.15) is 6.04 Å². The van der Waals surface area contributed by atoms with Gasteiger partial charge in [-0.25, -0.2) is 18.7 Å². The molecule has 2 rings (SSSR count). The molecule has 12 nitrogen and oxygen atoms in total. The summed E-state index contributed by atoms with van der Waals surface area (Å²) in [5.74, 6) is -0.498. The van der Waals surface area contributed by atoms with Gasteiger partial charge in [0.05, 0.1) is 38.8 Å². The molecule has 2 saturated heterocycles. The first-order valence-electron chi connectivity index (χ1n) is 15.1. The predicted octanol–water partition coefficient (Wildman–Crippen LogP) is 3.26. The molecule has 236 valence electrons. The molecule has 13 heteroatoms. The number of nitrogens with one attached hydrogen (secondary N) is 1. The molecule has 2 aliphatic rings. The Labute approximate surface area is 242 Å². The van der Waals surface area contributed by atoms with Crippen molar-refractivity contribution in [3.8, 4) is 0 Å². The number of piperidine rings is 1. The Kier molecular flexibility index (Phi) is 17.2. The van der Waals surface area contributed by atoms with E-state index < -0.39 is 34.4 Å². The molecule has 0 radical (unpaired) electrons. The first-order chi connectivity index (χ1) is 18.9. The molecule has 40 heavy (non-hydrogen) atoms. The van der Waals surface area contributed by atoms with Crippen molar-refractivity contribution in [2.24, 2.45) is 0 Å². The smallest absolute Gasteiger partial charge is 0.346 e. The van der Waals surface area contributed by atoms with Crippen molar-refractivity contribution in [1.29, 1.82) is 0 Å². The Balaban J connectivity index is 0.000000421. The van der Waals surface area contributed by atoms with Crippen molar-refractivity contribution in [2.75, 3.05) is 60.0 Å². The van der Waals surface area contributed by atoms with Gasteiger partial charge in [-0.05, 0) is 52.6 Å². The average Bonchev–Trinajstić information content (AvgIpc) is 3.13. The minimum atomic E-state index is -5.04. The Hall–Kier alpha value is -1.51. The van der Waals surface area contributed by atoms with Crippen LogP contribution in [0.15, 0.2) is 0 Å². The fourth-order valence-corrected chi connectivity index (χ4v) is 5.55. The summed E-state index contributed by atoms with van der Waals surface area (Å²) in [5.41, 5.74) is 2.28. The largest absolute Gasteiger partial charge is 0.724 e. The number of likely N-dealkylation sites (N-methyl/N-ethyl adjacent to an activating group) is 1. The van der Waals surface area contributed by atoms with Gasteiger partial charge in [-0.2, -0.15) is 9.35 Å². The zero-order chi connectivity index (χ0) is 30.2. The van der Waals surface area contributed by atoms with Crippen LogP contribution in [-0.4, -0.2) is 116 Å². The molecule has 0 aromatic carbocycles. The lowest BCUT2D eigenvalue weighted by atomic mass is 10.0. The monoisotopic (exact) mass is 593 g/mol. The van der Waals surface area contributed by atoms with E-state index in [1.165, 1.54) is 86.9 Å². The highest BCUT2D eigenvalue weighted by molar-refractivity contribution is 7.80. The highest BCUT2D eigenvalue weighted by Gasteiger charge is 2.48. The summed E-state index contributed by atoms with van der Waals surface area (Å²) >= 11 is 0. The predicted molar refractivity (Wildman–Crippen MR) is 154 cm³/mol. The Bertz CT molecular complexity index is 806. The summed E-state index contributed by atoms with van der Waals surface area (Å²) < 4.78 is 37.6. The van der Waals surface area contributed by atoms with Gasteiger partial charge in [-0.15, -0.1) is 0 Å². The van der Waals surface area contributed by atoms with Crippen molar-refractivity contribution in [3.63, 3.8) is 0 Å². The van der Waals surface area contributed by atoms with E-state index in [1.807, 2.05) is 19.0 Å². The van der Waals surface area contributed by atoms with E-state index in [4.69, 9.17) is 4.84 Å². The zero-order valence-corrected chi connectivity index (χ0v) is 26.5. The third-order valence-corrected chi connectivity index (χ3v) is 7.90. The first kappa shape index (κ1) is 36.5. The van der Waals surface area contributed by atoms with Gasteiger partial charge in [0.15, 0.2) is 0 Å². The van der Waals surface area contributed by atoms with Gasteiger partial charge in [0.2, 0.25) is 10.4 Å². The number of hydrogen-bond donors (Lipinski definition) is 1. The molecule has 2 bridgehead atoms. The minimum absolute atomic E-state index is 0.115. The third kappa shape index (κ3) is 13.0. The van der Waals surface area contributed by atoms with Gasteiger partial charge in [0, 0.05) is 13.1 Å². The number of quaternary nitrogens is 1. The molecule has 0 aromatic rings. The number of hydroxylamine groups is 3. The highest BCUT2D eigenvalue weighted by atomic mass is 32.3. The maximum Gasteiger partial charge on any atom is 0.346 e. The van der Waals surface area contributed by atoms with Crippen molar-refractivity contribution in [1.82, 2.24) is 20.3 Å². The first-order valence-corrected chi connectivity index (χ1v) is 16.4. The second kappa shape index (κ2) is 18.8. The van der Waals surface area contributed by atoms with Crippen molar-refractivity contribution < 1.29 is 36.2 Å². The summed E-state index contributed by atoms with van der Waals surface area (Å²) in [5, 5.41) is 0.530. The Morgan fingerprint density at radius 2 is 1.48 bits per heavy atom. The summed E-state index contributed by atoms with van der Waals surface area (Å²) in [4.78, 5) is 32.3. The van der Waals surface area contributed by atoms with Crippen LogP contribution < -0.4 is 5.48 Å². The van der Waals surface area contributed by atoms with Crippen LogP contribution in [-0.2, 0) is 24.3 Å². The molecule has 2 fully saturated rings. The van der Waals surface area contributed by atoms with E-state index in [2.05, 4.69) is 37.5 Å². The lowest BCUT2D eigenvalue weighted by Gasteiger charge is -2.39. The second-order valence-electron chi connectivity index (χ2n) is 11.3. The van der Waals surface area contributed by atoms with E-state index >= 15 is 0 Å². The van der Waals surface area contributed by atoms with Crippen LogP contribution in [0.2, 0.25) is 0 Å². The fourth-order valence-electron chi connectivity index (χ4n) is 5.16. The third-order valence-electron chi connectivity index (χ3n) is 7.55. The van der Waals surface area contributed by atoms with Crippen molar-refractivity contribution >= 4 is 22.3 Å². The fraction of sp³-hybridized carbons (Fsp3) is 0.926. The van der Waals surface area contributed by atoms with Gasteiger partial charge >= 0.3 is 6.03 Å². The van der Waals surface area contributed by atoms with Crippen LogP contribution in [0.4, 0.5) is 4.79 Å². The van der Waals surface area contributed by atoms with E-state index in [0.29, 0.717) is 24.4 Å². The van der Waals surface area contributed by atoms with Crippen LogP contribution in [0.5, 0.6) is 0 Å². The summed E-state index contributed by atoms with van der Waals surface area (Å²) in [6.07, 6.45) is 11.7. The maximum absolute atomic E-state index is 12.1. The lowest BCUT2D eigenvalue weighted by Crippen LogP contribution is -2.50. The molecule has 0 unspecified atom stereocenters. The lowest BCUT2D eigenvalue weighted by molar-refractivity contribution is -0.929. The molecule has 2 atom stereocenters. The SMILES string of the molecule is CCCC[N+](CCCC)(CCCC)CCCC.CN(C)CCONC(=O)[C@@H]1CC[C@@H]2CN1C(=O)N2OS(=O)(=O)[O-]. The Morgan fingerprint density at radius 3 is 1.90 bits per heavy atom. The molecule has 0 aliphatic carbocycles. The number of unbranched alkanes of at least 4 members (excludes halogenated alkanes) is 4. The normalized spacial score (nSPS) is 19.1. The van der Waals surface area contributed by atoms with Crippen LogP contribution in [0, 0.1) is 0 Å². The number of nitrogens with zero attached hydrogens (tertiary/aromatic N) is 4. The molecule has 2 aliphatic heterocycles. The van der Waals surface area contributed by atoms with Gasteiger partial charge < -0.3 is 18.8 Å². The number of hydrogen-bond acceptors (Lipinski definition) is 8. The average molecular weight is 594 g/mol. The molecule has 2 heterocycles. The molecular weight excluding hydrogens is 538 g/mol. The van der Waals surface area contributed by atoms with Gasteiger partial charge in [-0.1, -0.05) is 53.4 Å². The minimum Gasteiger partial charge on any atom is -0.724 e. The quantitative estimate of drug-likeness (QED) is 0.0794. The van der Waals surface area contributed by atoms with Crippen LogP contribution in [0.3, 0.4) is 0 Å². The van der Waals surface area contributed by atoms with Crippen molar-refractivity contribution in [3.05, 3.63) is 0 Å². The molecular formula is C27H55N5O7S. The number of rotatable bonds is 19. The van der Waals surface area contributed by atoms with Crippen LogP contribution >= 0.6 is 0 Å². The van der Waals surface area contributed by atoms with Gasteiger partial charge in [-0.3, -0.25) is 9.63 Å². The molecule has 0 saturated carbocycles. The maximum atomic E-state index is 12.1. The number of carbonyl (C=O) groups is 2.